The molecule has 145 heavy (non-hydrogen) atoms. The number of hydrogen-bond acceptors (Lipinski definition) is 30. The fourth-order valence-corrected chi connectivity index (χ4v) is 18.0. The van der Waals surface area contributed by atoms with Gasteiger partial charge in [-0.05, 0) is 120 Å². The molecule has 0 bridgehead atoms. The number of para-hydroxylation sites is 2. The van der Waals surface area contributed by atoms with Gasteiger partial charge in [-0.3, -0.25) is 86.6 Å². The third kappa shape index (κ3) is 25.4. The molecule has 3 aromatic heterocycles. The molecule has 51 heteroatoms. The topological polar surface area (TPSA) is 679 Å². The second-order valence-electron chi connectivity index (χ2n) is 34.6. The number of unbranched alkanes of at least 4 members (excludes halogenated alkanes) is 2. The van der Waals surface area contributed by atoms with E-state index in [1.807, 2.05) is 0 Å². The number of ether oxygens (including phenoxy) is 2. The number of carbonyl (C=O) groups excluding carboxylic acids is 16. The van der Waals surface area contributed by atoms with Gasteiger partial charge in [0.1, 0.15) is 77.0 Å². The van der Waals surface area contributed by atoms with E-state index in [-0.39, 0.29) is 154 Å². The number of carbonyl (C=O) groups is 18. The number of phenols is 2. The zero-order chi connectivity index (χ0) is 105. The molecule has 760 valence electrons. The van der Waals surface area contributed by atoms with E-state index >= 15 is 0 Å². The van der Waals surface area contributed by atoms with Gasteiger partial charge in [-0.15, -0.1) is 16.9 Å². The molecule has 8 heterocycles. The predicted molar refractivity (Wildman–Crippen MR) is 498 cm³/mol. The Morgan fingerprint density at radius 1 is 0.566 bits per heavy atom. The summed E-state index contributed by atoms with van der Waals surface area (Å²) in [5.74, 6) is -24.8. The van der Waals surface area contributed by atoms with Gasteiger partial charge >= 0.3 is 17.9 Å². The Bertz CT molecular complexity index is 6570. The molecule has 0 aliphatic carbocycles. The van der Waals surface area contributed by atoms with Gasteiger partial charge in [-0.1, -0.05) is 35.5 Å². The van der Waals surface area contributed by atoms with Gasteiger partial charge in [0, 0.05) is 109 Å². The van der Waals surface area contributed by atoms with Gasteiger partial charge in [0.15, 0.2) is 5.60 Å². The largest absolute Gasteiger partial charge is 0.508 e. The summed E-state index contributed by atoms with van der Waals surface area (Å²) in [4.78, 5) is 254. The minimum atomic E-state index is -3.31. The van der Waals surface area contributed by atoms with Gasteiger partial charge in [-0.25, -0.2) is 36.8 Å². The number of aromatic nitrogens is 5. The molecule has 15 amide bonds. The molecule has 1 unspecified atom stereocenters. The molecule has 3 saturated heterocycles. The maximum absolute atomic E-state index is 14.5. The average molecular weight is 2030 g/mol. The lowest BCUT2D eigenvalue weighted by molar-refractivity contribution is -0.144. The van der Waals surface area contributed by atoms with Gasteiger partial charge in [-0.2, -0.15) is 10.5 Å². The zero-order valence-electron chi connectivity index (χ0n) is 77.2. The van der Waals surface area contributed by atoms with Crippen LogP contribution in [0.1, 0.15) is 157 Å². The Kier molecular flexibility index (Phi) is 33.3. The Hall–Kier alpha value is -16.9. The summed E-state index contributed by atoms with van der Waals surface area (Å²) in [6.07, 6.45) is -0.886. The van der Waals surface area contributed by atoms with Crippen molar-refractivity contribution in [2.75, 3.05) is 54.0 Å². The van der Waals surface area contributed by atoms with Crippen LogP contribution in [0.5, 0.6) is 23.0 Å². The Morgan fingerprint density at radius 2 is 1.06 bits per heavy atom. The number of alkyl halides is 4. The number of amides is 15. The number of fused-ring (bicyclic) bond motifs is 8. The predicted octanol–water partition coefficient (Wildman–Crippen LogP) is 2.66. The first-order chi connectivity index (χ1) is 69.0. The lowest BCUT2D eigenvalue weighted by Crippen LogP contribution is -2.58. The summed E-state index contributed by atoms with van der Waals surface area (Å²) < 4.78 is 69.7. The van der Waals surface area contributed by atoms with Crippen LogP contribution in [0, 0.1) is 22.7 Å². The number of benzene rings is 5. The molecule has 17 N–H and O–H groups in total. The molecular weight excluding hydrogens is 1930 g/mol. The van der Waals surface area contributed by atoms with Crippen LogP contribution in [-0.4, -0.2) is 266 Å². The van der Waals surface area contributed by atoms with E-state index < -0.39 is 248 Å². The molecule has 5 aliphatic heterocycles. The molecule has 46 nitrogen and oxygen atoms in total. The van der Waals surface area contributed by atoms with Gasteiger partial charge < -0.3 is 104 Å². The number of nitriles is 2. The number of carboxylic acid groups (broad SMARTS) is 2. The maximum atomic E-state index is 14.5. The molecule has 9 atom stereocenters. The summed E-state index contributed by atoms with van der Waals surface area (Å²) in [5, 5.41) is 94.3. The van der Waals surface area contributed by atoms with Crippen LogP contribution in [0.25, 0.3) is 21.8 Å². The number of nitrogens with zero attached hydrogens (tertiary/aromatic N) is 10. The van der Waals surface area contributed by atoms with Crippen molar-refractivity contribution in [3.8, 4) is 35.1 Å². The fourth-order valence-electron chi connectivity index (χ4n) is 16.9. The van der Waals surface area contributed by atoms with Crippen molar-refractivity contribution >= 4 is 157 Å². The summed E-state index contributed by atoms with van der Waals surface area (Å²) >= 11 is 0.721. The van der Waals surface area contributed by atoms with E-state index in [0.717, 1.165) is 16.7 Å². The Labute approximate surface area is 823 Å². The molecular formula is C94H96F4N22O24S. The van der Waals surface area contributed by atoms with Crippen LogP contribution in [-0.2, 0) is 95.3 Å². The molecule has 3 fully saturated rings. The number of likely N-dealkylation sites (tertiary alicyclic amines) is 2. The molecule has 0 saturated carbocycles. The number of halogens is 4. The molecule has 0 radical (unpaired) electrons. The number of rotatable bonds is 43. The van der Waals surface area contributed by atoms with Gasteiger partial charge in [0.2, 0.25) is 76.8 Å². The number of hydrogen-bond donors (Lipinski definition) is 16. The van der Waals surface area contributed by atoms with Crippen LogP contribution >= 0.6 is 11.8 Å². The molecule has 5 aromatic carbocycles. The van der Waals surface area contributed by atoms with E-state index in [0.29, 0.717) is 27.3 Å². The normalized spacial score (nSPS) is 17.2. The number of esters is 1. The smallest absolute Gasteiger partial charge is 0.340 e. The molecule has 1 spiro atoms. The number of aliphatic carboxylic acids is 2. The number of pyridine rings is 2. The number of aromatic hydroxyl groups is 2. The van der Waals surface area contributed by atoms with Crippen LogP contribution in [0.15, 0.2) is 122 Å². The van der Waals surface area contributed by atoms with E-state index in [1.54, 1.807) is 12.1 Å². The standard InChI is InChI=1S/C94H96F4N22O24S/c1-47(82(131)113-66(11-3-5-27-99)87(136)108-48(2)83(132)114-68(90(140)141)44-145-71-35-77(128)120(88(71)137)50-15-18-60-59(31-50)91(142)144-94(60)61-19-16-53(121)32-69(61)143-70-33-54(122)17-20-62(70)94)107-86(135)65(111-76(127)34-67(89(138)139)112-75(126)24-23-74(125)110-64-14-8-10-56-58(26-29-103-81(56)64)85(134)106-42-79(130)119-46-93(97,98)37-52(119)39-101)12-4-6-30-117-43-49(115-116-117)40-104-72(123)21-22-73(124)109-63-13-7-9-55-57(25-28-102-80(55)63)84(133)105-41-78(129)118-45-92(95,96)36-51(118)38-100/h7-10,13-20,25-26,28-29,31-33,43,47-48,51-52,65-68,71,121-122H,3-6,11-12,21-24,27,30,34-37,40-42,44-46,99H2,1-2H3,(H,104,123)(H,105,133)(H,106,134)(H,107,135)(H,108,136)(H,109,124)(H,110,125)(H,111,127)(H,112,126)(H,113,131)(H,114,132)(H,138,139)(H,140,141)/t47-,48-,51-,52-,65-,66-,67-,68-,71?/m0/s1. The number of carboxylic acids is 2. The molecule has 13 rings (SSSR count). The number of nitrogens with two attached hydrogens (primary N) is 1. The van der Waals surface area contributed by atoms with Crippen molar-refractivity contribution in [1.82, 2.24) is 82.6 Å². The van der Waals surface area contributed by atoms with Gasteiger partial charge in [0.05, 0.1) is 108 Å². The van der Waals surface area contributed by atoms with E-state index in [2.05, 4.69) is 78.8 Å². The Balaban J connectivity index is 0.607. The molecule has 8 aromatic rings. The van der Waals surface area contributed by atoms with E-state index in [1.165, 1.54) is 140 Å². The zero-order valence-corrected chi connectivity index (χ0v) is 78.0. The summed E-state index contributed by atoms with van der Waals surface area (Å²) in [5.41, 5.74) is 5.47. The van der Waals surface area contributed by atoms with Crippen molar-refractivity contribution in [3.63, 3.8) is 0 Å². The first kappa shape index (κ1) is 105. The van der Waals surface area contributed by atoms with Crippen molar-refractivity contribution in [2.24, 2.45) is 5.73 Å². The highest BCUT2D eigenvalue weighted by Gasteiger charge is 2.55. The number of anilines is 3. The van der Waals surface area contributed by atoms with Crippen molar-refractivity contribution in [3.05, 3.63) is 161 Å². The first-order valence-electron chi connectivity index (χ1n) is 45.4. The van der Waals surface area contributed by atoms with Crippen LogP contribution in [0.4, 0.5) is 34.6 Å². The highest BCUT2D eigenvalue weighted by molar-refractivity contribution is 8.00. The van der Waals surface area contributed by atoms with E-state index in [9.17, 15) is 135 Å². The third-order valence-electron chi connectivity index (χ3n) is 24.2. The number of thioether (sulfide) groups is 1. The molecule has 5 aliphatic rings. The monoisotopic (exact) mass is 2020 g/mol. The van der Waals surface area contributed by atoms with Crippen LogP contribution < -0.4 is 73.9 Å². The third-order valence-corrected chi connectivity index (χ3v) is 25.5. The number of imide groups is 1. The minimum Gasteiger partial charge on any atom is -0.508 e. The van der Waals surface area contributed by atoms with Crippen molar-refractivity contribution in [2.45, 2.75) is 188 Å². The second-order valence-corrected chi connectivity index (χ2v) is 35.9. The quantitative estimate of drug-likeness (QED) is 0.0113. The highest BCUT2D eigenvalue weighted by atomic mass is 32.2. The summed E-state index contributed by atoms with van der Waals surface area (Å²) in [6, 6.07) is 14.4. The van der Waals surface area contributed by atoms with Crippen LogP contribution in [0.3, 0.4) is 0 Å². The van der Waals surface area contributed by atoms with Gasteiger partial charge in [0.25, 0.3) is 23.7 Å². The highest BCUT2D eigenvalue weighted by Crippen LogP contribution is 2.58. The number of aryl methyl sites for hydroxylation is 1. The SMILES string of the molecule is C[C@H](NC(=O)[C@H](CCCCn1cc(CNC(=O)CCC(=O)Nc2cccc3c(C(=O)NCC(=O)N4CC(F)(F)C[C@H]4C#N)ccnc23)nn1)NC(=O)C[C@H](NC(=O)CCC(=O)Nc1cccc2c(C(=O)NCC(=O)N3CC(F)(F)C[C@H]3C#N)ccnc12)C(=O)O)C(=O)N[C@@H](CCCCN)C(=O)N[C@@H](C)C(=O)N[C@@H](CSC1CC(=O)N(c2ccc3c(c2)C(=O)OC32c3ccc(O)cc3Oc3cc(O)ccc32)C1=O)C(=O)O. The first-order valence-corrected chi connectivity index (χ1v) is 46.5. The summed E-state index contributed by atoms with van der Waals surface area (Å²) in [6.45, 7) is -1.03. The van der Waals surface area contributed by atoms with Crippen molar-refractivity contribution < 1.29 is 134 Å². The lowest BCUT2D eigenvalue weighted by atomic mass is 9.77. The minimum absolute atomic E-state index is 0.0109. The average Bonchev–Trinajstić information content (AvgIpc) is 1.55. The van der Waals surface area contributed by atoms with Crippen molar-refractivity contribution in [1.29, 1.82) is 10.5 Å². The maximum Gasteiger partial charge on any atom is 0.340 e. The second kappa shape index (κ2) is 45.8. The fraction of sp³-hybridized carbons (Fsp3) is 0.383. The Morgan fingerprint density at radius 3 is 1.59 bits per heavy atom. The van der Waals surface area contributed by atoms with Crippen LogP contribution in [0.2, 0.25) is 0 Å². The number of phenolic OH excluding ortho intramolecular Hbond substituents is 2. The summed E-state index contributed by atoms with van der Waals surface area (Å²) in [7, 11) is 0. The number of nitrogens with one attached hydrogen (secondary N) is 11. The lowest BCUT2D eigenvalue weighted by Gasteiger charge is -2.36. The van der Waals surface area contributed by atoms with E-state index in [4.69, 9.17) is 15.2 Å².